The maximum Gasteiger partial charge on any atom is 0.0642 e. The molecule has 2 aromatic carbocycles. The van der Waals surface area contributed by atoms with Crippen LogP contribution in [0.2, 0.25) is 0 Å². The van der Waals surface area contributed by atoms with Gasteiger partial charge in [0.2, 0.25) is 0 Å². The molecular weight excluding hydrogens is 310 g/mol. The summed E-state index contributed by atoms with van der Waals surface area (Å²) in [5.41, 5.74) is 12.7. The topological polar surface area (TPSA) is 41.7 Å². The third kappa shape index (κ3) is 3.12. The Hall–Kier alpha value is -2.04. The Labute approximate surface area is 150 Å². The largest absolute Gasteiger partial charge is 0.378 e. The lowest BCUT2D eigenvalue weighted by molar-refractivity contribution is 0.122. The zero-order valence-corrected chi connectivity index (χ0v) is 15.1. The van der Waals surface area contributed by atoms with Crippen LogP contribution in [0.1, 0.15) is 30.5 Å². The average Bonchev–Trinajstić information content (AvgIpc) is 2.63. The number of hydrogen-bond acceptors (Lipinski definition) is 4. The van der Waals surface area contributed by atoms with Crippen LogP contribution in [0.15, 0.2) is 42.5 Å². The maximum absolute atomic E-state index is 6.42. The van der Waals surface area contributed by atoms with Gasteiger partial charge in [0.25, 0.3) is 0 Å². The number of aryl methyl sites for hydroxylation is 1. The molecule has 4 heteroatoms. The number of benzene rings is 2. The fourth-order valence-electron chi connectivity index (χ4n) is 4.07. The zero-order chi connectivity index (χ0) is 17.4. The Kier molecular flexibility index (Phi) is 4.40. The van der Waals surface area contributed by atoms with Gasteiger partial charge in [-0.15, -0.1) is 0 Å². The molecule has 2 unspecified atom stereocenters. The van der Waals surface area contributed by atoms with Crippen molar-refractivity contribution in [2.45, 2.75) is 32.4 Å². The lowest BCUT2D eigenvalue weighted by Gasteiger charge is -2.40. The number of fused-ring (bicyclic) bond motifs is 1. The minimum Gasteiger partial charge on any atom is -0.378 e. The molecule has 2 heterocycles. The number of anilines is 3. The Bertz CT molecular complexity index is 737. The number of nitrogens with zero attached hydrogens (tertiary/aromatic N) is 2. The highest BCUT2D eigenvalue weighted by atomic mass is 16.5. The number of nitrogens with two attached hydrogens (primary N) is 1. The summed E-state index contributed by atoms with van der Waals surface area (Å²) in [5.74, 6) is 0. The van der Waals surface area contributed by atoms with Crippen LogP contribution in [0.4, 0.5) is 17.1 Å². The van der Waals surface area contributed by atoms with E-state index in [4.69, 9.17) is 10.5 Å². The van der Waals surface area contributed by atoms with Crippen LogP contribution >= 0.6 is 0 Å². The molecule has 0 saturated carbocycles. The highest BCUT2D eigenvalue weighted by molar-refractivity contribution is 5.71. The number of morpholine rings is 1. The molecule has 0 bridgehead atoms. The fraction of sp³-hybridized carbons (Fsp3) is 0.429. The SMILES string of the molecule is Cc1ccc2c(c1)C(N)CC(C)N2c1ccc(N2CCOCC2)cc1. The van der Waals surface area contributed by atoms with Crippen LogP contribution in [0.25, 0.3) is 0 Å². The molecule has 0 radical (unpaired) electrons. The third-order valence-corrected chi connectivity index (χ3v) is 5.38. The van der Waals surface area contributed by atoms with Crippen molar-refractivity contribution < 1.29 is 4.74 Å². The summed E-state index contributed by atoms with van der Waals surface area (Å²) in [6.45, 7) is 7.96. The standard InChI is InChI=1S/C21H27N3O/c1-15-3-8-21-19(13-15)20(22)14-16(2)24(21)18-6-4-17(5-7-18)23-9-11-25-12-10-23/h3-8,13,16,20H,9-12,14,22H2,1-2H3. The van der Waals surface area contributed by atoms with Crippen LogP contribution in [-0.2, 0) is 4.74 Å². The second kappa shape index (κ2) is 6.70. The molecule has 132 valence electrons. The van der Waals surface area contributed by atoms with Gasteiger partial charge in [0.05, 0.1) is 13.2 Å². The van der Waals surface area contributed by atoms with E-state index in [2.05, 4.69) is 66.1 Å². The zero-order valence-electron chi connectivity index (χ0n) is 15.1. The van der Waals surface area contributed by atoms with E-state index >= 15 is 0 Å². The van der Waals surface area contributed by atoms with Gasteiger partial charge in [0.15, 0.2) is 0 Å². The molecule has 2 N–H and O–H groups in total. The minimum atomic E-state index is 0.119. The minimum absolute atomic E-state index is 0.119. The summed E-state index contributed by atoms with van der Waals surface area (Å²) in [6.07, 6.45) is 0.974. The average molecular weight is 337 g/mol. The second-order valence-corrected chi connectivity index (χ2v) is 7.24. The summed E-state index contributed by atoms with van der Waals surface area (Å²) < 4.78 is 5.45. The summed E-state index contributed by atoms with van der Waals surface area (Å²) in [5, 5.41) is 0. The van der Waals surface area contributed by atoms with Gasteiger partial charge in [-0.3, -0.25) is 0 Å². The van der Waals surface area contributed by atoms with E-state index < -0.39 is 0 Å². The molecule has 0 aromatic heterocycles. The predicted molar refractivity (Wildman–Crippen MR) is 104 cm³/mol. The van der Waals surface area contributed by atoms with E-state index in [0.29, 0.717) is 6.04 Å². The summed E-state index contributed by atoms with van der Waals surface area (Å²) >= 11 is 0. The van der Waals surface area contributed by atoms with Gasteiger partial charge in [0.1, 0.15) is 0 Å². The molecule has 2 aliphatic heterocycles. The summed E-state index contributed by atoms with van der Waals surface area (Å²) in [4.78, 5) is 4.82. The molecule has 1 saturated heterocycles. The molecule has 2 aromatic rings. The molecule has 2 atom stereocenters. The summed E-state index contributed by atoms with van der Waals surface area (Å²) in [6, 6.07) is 16.1. The first-order valence-corrected chi connectivity index (χ1v) is 9.21. The van der Waals surface area contributed by atoms with Gasteiger partial charge >= 0.3 is 0 Å². The molecule has 4 nitrogen and oxygen atoms in total. The molecular formula is C21H27N3O. The molecule has 1 fully saturated rings. The van der Waals surface area contributed by atoms with Crippen molar-refractivity contribution in [3.63, 3.8) is 0 Å². The quantitative estimate of drug-likeness (QED) is 0.906. The Morgan fingerprint density at radius 1 is 1.00 bits per heavy atom. The van der Waals surface area contributed by atoms with Gasteiger partial charge in [-0.2, -0.15) is 0 Å². The van der Waals surface area contributed by atoms with E-state index in [1.165, 1.54) is 28.2 Å². The normalized spacial score (nSPS) is 23.5. The molecule has 4 rings (SSSR count). The molecule has 0 amide bonds. The highest BCUT2D eigenvalue weighted by Crippen LogP contribution is 2.41. The first-order chi connectivity index (χ1) is 12.1. The van der Waals surface area contributed by atoms with Crippen molar-refractivity contribution in [2.75, 3.05) is 36.1 Å². The van der Waals surface area contributed by atoms with Crippen LogP contribution in [0.5, 0.6) is 0 Å². The van der Waals surface area contributed by atoms with E-state index in [0.717, 1.165) is 32.7 Å². The first kappa shape index (κ1) is 16.4. The first-order valence-electron chi connectivity index (χ1n) is 9.21. The number of hydrogen-bond donors (Lipinski definition) is 1. The third-order valence-electron chi connectivity index (χ3n) is 5.38. The molecule has 25 heavy (non-hydrogen) atoms. The van der Waals surface area contributed by atoms with Crippen molar-refractivity contribution in [1.82, 2.24) is 0 Å². The van der Waals surface area contributed by atoms with Crippen molar-refractivity contribution in [1.29, 1.82) is 0 Å². The van der Waals surface area contributed by atoms with Gasteiger partial charge in [-0.05, 0) is 56.2 Å². The van der Waals surface area contributed by atoms with Crippen LogP contribution < -0.4 is 15.5 Å². The van der Waals surface area contributed by atoms with Crippen LogP contribution in [0, 0.1) is 6.92 Å². The van der Waals surface area contributed by atoms with Gasteiger partial charge in [-0.1, -0.05) is 17.7 Å². The van der Waals surface area contributed by atoms with E-state index in [1.54, 1.807) is 0 Å². The Morgan fingerprint density at radius 3 is 2.40 bits per heavy atom. The summed E-state index contributed by atoms with van der Waals surface area (Å²) in [7, 11) is 0. The molecule has 2 aliphatic rings. The van der Waals surface area contributed by atoms with Crippen LogP contribution in [-0.4, -0.2) is 32.3 Å². The Morgan fingerprint density at radius 2 is 1.68 bits per heavy atom. The number of rotatable bonds is 2. The fourth-order valence-corrected chi connectivity index (χ4v) is 4.07. The van der Waals surface area contributed by atoms with Crippen molar-refractivity contribution in [3.05, 3.63) is 53.6 Å². The van der Waals surface area contributed by atoms with Gasteiger partial charge < -0.3 is 20.3 Å². The molecule has 0 spiro atoms. The van der Waals surface area contributed by atoms with Gasteiger partial charge in [-0.25, -0.2) is 0 Å². The molecule has 0 aliphatic carbocycles. The van der Waals surface area contributed by atoms with Crippen LogP contribution in [0.3, 0.4) is 0 Å². The predicted octanol–water partition coefficient (Wildman–Crippen LogP) is 3.76. The van der Waals surface area contributed by atoms with E-state index in [1.807, 2.05) is 0 Å². The van der Waals surface area contributed by atoms with Crippen molar-refractivity contribution >= 4 is 17.1 Å². The smallest absolute Gasteiger partial charge is 0.0642 e. The Balaban J connectivity index is 1.65. The lowest BCUT2D eigenvalue weighted by atomic mass is 9.90. The monoisotopic (exact) mass is 337 g/mol. The lowest BCUT2D eigenvalue weighted by Crippen LogP contribution is -2.38. The van der Waals surface area contributed by atoms with Gasteiger partial charge in [0, 0.05) is 42.2 Å². The van der Waals surface area contributed by atoms with Crippen molar-refractivity contribution in [3.8, 4) is 0 Å². The maximum atomic E-state index is 6.42. The number of ether oxygens (including phenoxy) is 1. The second-order valence-electron chi connectivity index (χ2n) is 7.24. The highest BCUT2D eigenvalue weighted by Gasteiger charge is 2.29. The van der Waals surface area contributed by atoms with E-state index in [9.17, 15) is 0 Å². The van der Waals surface area contributed by atoms with E-state index in [-0.39, 0.29) is 6.04 Å². The van der Waals surface area contributed by atoms with Crippen molar-refractivity contribution in [2.24, 2.45) is 5.73 Å².